The molecule has 1 aliphatic heterocycles. The van der Waals surface area contributed by atoms with E-state index in [4.69, 9.17) is 4.74 Å². The van der Waals surface area contributed by atoms with E-state index in [9.17, 15) is 4.79 Å². The Labute approximate surface area is 133 Å². The summed E-state index contributed by atoms with van der Waals surface area (Å²) in [6.07, 6.45) is 0.759. The second-order valence-electron chi connectivity index (χ2n) is 6.05. The van der Waals surface area contributed by atoms with Crippen molar-refractivity contribution in [3.63, 3.8) is 0 Å². The molecule has 1 saturated heterocycles. The fourth-order valence-electron chi connectivity index (χ4n) is 2.48. The zero-order valence-corrected chi connectivity index (χ0v) is 14.7. The van der Waals surface area contributed by atoms with Gasteiger partial charge in [0.1, 0.15) is 0 Å². The van der Waals surface area contributed by atoms with Crippen LogP contribution in [0.4, 0.5) is 4.79 Å². The Balaban J connectivity index is 2.01. The molecule has 0 bridgehead atoms. The van der Waals surface area contributed by atoms with E-state index in [1.54, 1.807) is 5.01 Å². The van der Waals surface area contributed by atoms with Crippen molar-refractivity contribution in [1.82, 2.24) is 10.4 Å². The van der Waals surface area contributed by atoms with Crippen LogP contribution >= 0.6 is 0 Å². The number of hydrogen-bond acceptors (Lipinski definition) is 3. The van der Waals surface area contributed by atoms with E-state index in [1.165, 1.54) is 4.46 Å². The average molecular weight is 355 g/mol. The van der Waals surface area contributed by atoms with Gasteiger partial charge in [-0.3, -0.25) is 0 Å². The Kier molecular flexibility index (Phi) is 5.68. The van der Waals surface area contributed by atoms with Crippen LogP contribution in [0.5, 0.6) is 0 Å². The Morgan fingerprint density at radius 1 is 1.43 bits per heavy atom. The number of amides is 1. The molecule has 0 aliphatic carbocycles. The maximum absolute atomic E-state index is 12.1. The van der Waals surface area contributed by atoms with E-state index >= 15 is 0 Å². The molecule has 2 rings (SSSR count). The van der Waals surface area contributed by atoms with Gasteiger partial charge < -0.3 is 0 Å². The van der Waals surface area contributed by atoms with E-state index in [2.05, 4.69) is 43.5 Å². The summed E-state index contributed by atoms with van der Waals surface area (Å²) in [5, 5.41) is 2.71. The molecule has 116 valence electrons. The van der Waals surface area contributed by atoms with Gasteiger partial charge in [0.2, 0.25) is 0 Å². The van der Waals surface area contributed by atoms with Crippen LogP contribution in [0, 0.1) is 5.41 Å². The van der Waals surface area contributed by atoms with Crippen LogP contribution in [0.1, 0.15) is 27.2 Å². The molecule has 1 N–H and O–H groups in total. The minimum absolute atomic E-state index is 0.202. The van der Waals surface area contributed by atoms with Crippen molar-refractivity contribution < 1.29 is 9.53 Å². The summed E-state index contributed by atoms with van der Waals surface area (Å²) in [6.45, 7) is 7.54. The van der Waals surface area contributed by atoms with Crippen LogP contribution in [-0.2, 0) is 4.74 Å². The molecule has 1 aromatic rings. The number of hydrazine groups is 1. The molecular formula is C16H24N2O2Se. The first-order valence-electron chi connectivity index (χ1n) is 7.39. The van der Waals surface area contributed by atoms with Crippen molar-refractivity contribution in [2.45, 2.75) is 38.6 Å². The van der Waals surface area contributed by atoms with E-state index in [0.29, 0.717) is 21.6 Å². The third-order valence-electron chi connectivity index (χ3n) is 3.53. The SMILES string of the molecule is CCOC(=O)N1NCC(C)(C)CC1C[Se]c1ccccc1. The van der Waals surface area contributed by atoms with Crippen LogP contribution < -0.4 is 9.89 Å². The maximum atomic E-state index is 12.1. The summed E-state index contributed by atoms with van der Waals surface area (Å²) in [5.41, 5.74) is 3.46. The summed E-state index contributed by atoms with van der Waals surface area (Å²) in [7, 11) is 0. The zero-order valence-electron chi connectivity index (χ0n) is 13.0. The number of rotatable bonds is 4. The Hall–Kier alpha value is -1.03. The minimum atomic E-state index is -0.248. The van der Waals surface area contributed by atoms with Gasteiger partial charge in [-0.25, -0.2) is 0 Å². The monoisotopic (exact) mass is 356 g/mol. The molecular weight excluding hydrogens is 331 g/mol. The fourth-order valence-corrected chi connectivity index (χ4v) is 4.58. The third kappa shape index (κ3) is 4.73. The number of benzene rings is 1. The molecule has 1 fully saturated rings. The van der Waals surface area contributed by atoms with Crippen molar-refractivity contribution in [2.24, 2.45) is 5.41 Å². The normalized spacial score (nSPS) is 21.1. The van der Waals surface area contributed by atoms with Crippen LogP contribution in [-0.4, -0.2) is 45.3 Å². The van der Waals surface area contributed by atoms with E-state index < -0.39 is 0 Å². The first kappa shape index (κ1) is 16.3. The second-order valence-corrected chi connectivity index (χ2v) is 8.34. The number of nitrogens with zero attached hydrogens (tertiary/aromatic N) is 1. The van der Waals surface area contributed by atoms with Crippen LogP contribution in [0.25, 0.3) is 0 Å². The van der Waals surface area contributed by atoms with Gasteiger partial charge in [-0.2, -0.15) is 0 Å². The van der Waals surface area contributed by atoms with Crippen molar-refractivity contribution >= 4 is 25.5 Å². The summed E-state index contributed by atoms with van der Waals surface area (Å²) in [4.78, 5) is 12.1. The molecule has 1 unspecified atom stereocenters. The molecule has 1 amide bonds. The second kappa shape index (κ2) is 7.30. The number of carbonyl (C=O) groups is 1. The molecule has 0 spiro atoms. The van der Waals surface area contributed by atoms with Gasteiger partial charge in [-0.05, 0) is 0 Å². The van der Waals surface area contributed by atoms with Gasteiger partial charge in [-0.15, -0.1) is 0 Å². The van der Waals surface area contributed by atoms with E-state index in [-0.39, 0.29) is 17.6 Å². The van der Waals surface area contributed by atoms with E-state index in [1.807, 2.05) is 13.0 Å². The van der Waals surface area contributed by atoms with Crippen LogP contribution in [0.15, 0.2) is 30.3 Å². The molecule has 0 radical (unpaired) electrons. The van der Waals surface area contributed by atoms with Gasteiger partial charge in [0.25, 0.3) is 0 Å². The van der Waals surface area contributed by atoms with Crippen molar-refractivity contribution in [2.75, 3.05) is 13.2 Å². The molecule has 0 aromatic heterocycles. The Morgan fingerprint density at radius 3 is 2.81 bits per heavy atom. The molecule has 4 nitrogen and oxygen atoms in total. The first-order valence-corrected chi connectivity index (χ1v) is 9.46. The fraction of sp³-hybridized carbons (Fsp3) is 0.562. The van der Waals surface area contributed by atoms with Gasteiger partial charge in [0.05, 0.1) is 0 Å². The number of hydrogen-bond donors (Lipinski definition) is 1. The number of carbonyl (C=O) groups excluding carboxylic acids is 1. The number of ether oxygens (including phenoxy) is 1. The molecule has 21 heavy (non-hydrogen) atoms. The zero-order chi connectivity index (χ0) is 15.3. The summed E-state index contributed by atoms with van der Waals surface area (Å²) < 4.78 is 6.54. The molecule has 1 atom stereocenters. The Morgan fingerprint density at radius 2 is 2.14 bits per heavy atom. The predicted octanol–water partition coefficient (Wildman–Crippen LogP) is 2.20. The van der Waals surface area contributed by atoms with Crippen LogP contribution in [0.2, 0.25) is 5.32 Å². The topological polar surface area (TPSA) is 41.6 Å². The summed E-state index contributed by atoms with van der Waals surface area (Å²) in [6, 6.07) is 10.7. The summed E-state index contributed by atoms with van der Waals surface area (Å²) in [5.74, 6) is 0. The Bertz CT molecular complexity index is 465. The predicted molar refractivity (Wildman–Crippen MR) is 85.7 cm³/mol. The third-order valence-corrected chi connectivity index (χ3v) is 5.96. The molecule has 0 saturated carbocycles. The quantitative estimate of drug-likeness (QED) is 0.842. The summed E-state index contributed by atoms with van der Waals surface area (Å²) >= 11 is 0.367. The van der Waals surface area contributed by atoms with Crippen molar-refractivity contribution in [3.8, 4) is 0 Å². The molecule has 1 aromatic carbocycles. The van der Waals surface area contributed by atoms with E-state index in [0.717, 1.165) is 18.3 Å². The standard InChI is InChI=1S/C16H24N2O2Se/c1-4-20-15(19)18-13(10-16(2,3)12-17-18)11-21-14-8-6-5-7-9-14/h5-9,13,17H,4,10-12H2,1-3H3. The van der Waals surface area contributed by atoms with Gasteiger partial charge in [0, 0.05) is 0 Å². The van der Waals surface area contributed by atoms with Crippen LogP contribution in [0.3, 0.4) is 0 Å². The first-order chi connectivity index (χ1) is 10.0. The average Bonchev–Trinajstić information content (AvgIpc) is 2.45. The van der Waals surface area contributed by atoms with Gasteiger partial charge in [0.15, 0.2) is 0 Å². The van der Waals surface area contributed by atoms with Crippen molar-refractivity contribution in [3.05, 3.63) is 30.3 Å². The molecule has 5 heteroatoms. The molecule has 1 heterocycles. The van der Waals surface area contributed by atoms with Crippen molar-refractivity contribution in [1.29, 1.82) is 0 Å². The molecule has 1 aliphatic rings. The number of nitrogens with one attached hydrogen (secondary N) is 1. The van der Waals surface area contributed by atoms with Gasteiger partial charge >= 0.3 is 133 Å². The van der Waals surface area contributed by atoms with Gasteiger partial charge in [-0.1, -0.05) is 0 Å².